The van der Waals surface area contributed by atoms with Crippen LogP contribution >= 0.6 is 0 Å². The minimum absolute atomic E-state index is 0.140. The van der Waals surface area contributed by atoms with Crippen LogP contribution in [0.25, 0.3) is 0 Å². The van der Waals surface area contributed by atoms with Gasteiger partial charge in [0.15, 0.2) is 0 Å². The van der Waals surface area contributed by atoms with Gasteiger partial charge in [0.2, 0.25) is 0 Å². The van der Waals surface area contributed by atoms with Crippen molar-refractivity contribution in [1.82, 2.24) is 0 Å². The van der Waals surface area contributed by atoms with Crippen molar-refractivity contribution in [3.05, 3.63) is 118 Å². The number of aryl methyl sites for hydroxylation is 4. The third-order valence-electron chi connectivity index (χ3n) is 6.01. The van der Waals surface area contributed by atoms with E-state index in [0.29, 0.717) is 28.7 Å². The molecule has 0 fully saturated rings. The van der Waals surface area contributed by atoms with Crippen molar-refractivity contribution < 1.29 is 25.2 Å². The maximum atomic E-state index is 12.8. The fourth-order valence-electron chi connectivity index (χ4n) is 4.07. The van der Waals surface area contributed by atoms with Gasteiger partial charge in [0.1, 0.15) is 21.3 Å². The molecule has 0 bridgehead atoms. The van der Waals surface area contributed by atoms with Gasteiger partial charge in [0, 0.05) is 0 Å². The Hall–Kier alpha value is -3.62. The number of benzene rings is 4. The van der Waals surface area contributed by atoms with Crippen LogP contribution in [-0.2, 0) is 26.7 Å². The summed E-state index contributed by atoms with van der Waals surface area (Å²) in [5.41, 5.74) is 4.53. The minimum Gasteiger partial charge on any atom is -0.379 e. The van der Waals surface area contributed by atoms with Gasteiger partial charge >= 0.3 is 20.2 Å². The summed E-state index contributed by atoms with van der Waals surface area (Å²) in [5.74, 6) is 0.543. The second-order valence-electron chi connectivity index (χ2n) is 8.98. The lowest BCUT2D eigenvalue weighted by Gasteiger charge is -2.13. The summed E-state index contributed by atoms with van der Waals surface area (Å²) >= 11 is 0. The molecule has 0 aliphatic carbocycles. The fraction of sp³-hybridized carbons (Fsp3) is 0.172. The second-order valence-corrected chi connectivity index (χ2v) is 12.0. The summed E-state index contributed by atoms with van der Waals surface area (Å²) in [6.07, 6.45) is 0.567. The monoisotopic (exact) mass is 536 g/mol. The Balaban J connectivity index is 1.49. The summed E-state index contributed by atoms with van der Waals surface area (Å²) in [5, 5.41) is 0. The van der Waals surface area contributed by atoms with Crippen molar-refractivity contribution in [2.45, 2.75) is 43.9 Å². The lowest BCUT2D eigenvalue weighted by Crippen LogP contribution is -2.12. The van der Waals surface area contributed by atoms with E-state index < -0.39 is 20.2 Å². The number of hydrogen-bond acceptors (Lipinski definition) is 6. The highest BCUT2D eigenvalue weighted by molar-refractivity contribution is 7.87. The van der Waals surface area contributed by atoms with Gasteiger partial charge in [-0.2, -0.15) is 16.8 Å². The molecule has 6 nitrogen and oxygen atoms in total. The van der Waals surface area contributed by atoms with E-state index in [1.807, 2.05) is 24.3 Å². The smallest absolute Gasteiger partial charge is 0.339 e. The molecule has 0 spiro atoms. The maximum absolute atomic E-state index is 12.8. The van der Waals surface area contributed by atoms with Gasteiger partial charge in [-0.3, -0.25) is 0 Å². The molecule has 0 unspecified atom stereocenters. The molecule has 8 heteroatoms. The SMILES string of the molecule is Cc1cc(Cc2ccc(OS(=O)(=O)c3ccccc3C)c(C)c2)ccc1OS(=O)(=O)c1ccccc1C. The molecule has 4 rings (SSSR count). The molecule has 192 valence electrons. The van der Waals surface area contributed by atoms with Gasteiger partial charge < -0.3 is 8.37 Å². The minimum atomic E-state index is -3.95. The van der Waals surface area contributed by atoms with E-state index in [-0.39, 0.29) is 21.3 Å². The third-order valence-corrected chi connectivity index (χ3v) is 8.80. The molecule has 0 saturated heterocycles. The van der Waals surface area contributed by atoms with Crippen LogP contribution in [0.3, 0.4) is 0 Å². The lowest BCUT2D eigenvalue weighted by molar-refractivity contribution is 0.482. The Morgan fingerprint density at radius 3 is 1.24 bits per heavy atom. The molecule has 0 heterocycles. The van der Waals surface area contributed by atoms with Crippen molar-refractivity contribution in [2.75, 3.05) is 0 Å². The second kappa shape index (κ2) is 10.4. The van der Waals surface area contributed by atoms with Crippen molar-refractivity contribution in [3.63, 3.8) is 0 Å². The Labute approximate surface area is 218 Å². The van der Waals surface area contributed by atoms with Crippen LogP contribution in [0, 0.1) is 27.7 Å². The number of hydrogen-bond donors (Lipinski definition) is 0. The first-order chi connectivity index (χ1) is 17.5. The van der Waals surface area contributed by atoms with Crippen molar-refractivity contribution in [2.24, 2.45) is 0 Å². The maximum Gasteiger partial charge on any atom is 0.339 e. The Kier molecular flexibility index (Phi) is 7.43. The third kappa shape index (κ3) is 6.03. The van der Waals surface area contributed by atoms with E-state index in [4.69, 9.17) is 8.37 Å². The molecule has 0 aromatic heterocycles. The predicted octanol–water partition coefficient (Wildman–Crippen LogP) is 6.05. The Morgan fingerprint density at radius 2 is 0.892 bits per heavy atom. The Morgan fingerprint density at radius 1 is 0.514 bits per heavy atom. The van der Waals surface area contributed by atoms with Crippen LogP contribution in [0.1, 0.15) is 33.4 Å². The Bertz CT molecular complexity index is 1550. The lowest BCUT2D eigenvalue weighted by atomic mass is 10.0. The van der Waals surface area contributed by atoms with Crippen molar-refractivity contribution >= 4 is 20.2 Å². The summed E-state index contributed by atoms with van der Waals surface area (Å²) in [7, 11) is -7.90. The van der Waals surface area contributed by atoms with Gasteiger partial charge in [-0.1, -0.05) is 60.7 Å². The van der Waals surface area contributed by atoms with Gasteiger partial charge in [0.05, 0.1) is 0 Å². The highest BCUT2D eigenvalue weighted by Crippen LogP contribution is 2.28. The molecular formula is C29H28O6S2. The first-order valence-electron chi connectivity index (χ1n) is 11.7. The van der Waals surface area contributed by atoms with Crippen LogP contribution in [0.15, 0.2) is 94.7 Å². The molecular weight excluding hydrogens is 508 g/mol. The van der Waals surface area contributed by atoms with E-state index in [1.54, 1.807) is 76.2 Å². The van der Waals surface area contributed by atoms with E-state index in [0.717, 1.165) is 11.1 Å². The summed E-state index contributed by atoms with van der Waals surface area (Å²) in [6, 6.07) is 24.1. The molecule has 4 aromatic rings. The molecule has 0 atom stereocenters. The largest absolute Gasteiger partial charge is 0.379 e. The normalized spacial score (nSPS) is 11.8. The first-order valence-corrected chi connectivity index (χ1v) is 14.5. The van der Waals surface area contributed by atoms with Crippen LogP contribution < -0.4 is 8.37 Å². The molecule has 0 N–H and O–H groups in total. The van der Waals surface area contributed by atoms with E-state index >= 15 is 0 Å². The molecule has 0 saturated carbocycles. The van der Waals surface area contributed by atoms with Crippen LogP contribution in [-0.4, -0.2) is 16.8 Å². The van der Waals surface area contributed by atoms with E-state index in [2.05, 4.69) is 0 Å². The zero-order valence-corrected chi connectivity index (χ0v) is 22.7. The quantitative estimate of drug-likeness (QED) is 0.255. The van der Waals surface area contributed by atoms with Crippen molar-refractivity contribution in [1.29, 1.82) is 0 Å². The number of rotatable bonds is 8. The van der Waals surface area contributed by atoms with Crippen molar-refractivity contribution in [3.8, 4) is 11.5 Å². The molecule has 0 aliphatic heterocycles. The average Bonchev–Trinajstić information content (AvgIpc) is 2.83. The highest BCUT2D eigenvalue weighted by Gasteiger charge is 2.21. The molecule has 4 aromatic carbocycles. The van der Waals surface area contributed by atoms with Crippen LogP contribution in [0.4, 0.5) is 0 Å². The molecule has 0 aliphatic rings. The van der Waals surface area contributed by atoms with Gasteiger partial charge in [0.25, 0.3) is 0 Å². The predicted molar refractivity (Wildman–Crippen MR) is 143 cm³/mol. The van der Waals surface area contributed by atoms with Crippen LogP contribution in [0.5, 0.6) is 11.5 Å². The zero-order chi connectivity index (χ0) is 26.8. The fourth-order valence-corrected chi connectivity index (χ4v) is 6.51. The topological polar surface area (TPSA) is 86.7 Å². The molecule has 37 heavy (non-hydrogen) atoms. The molecule has 0 radical (unpaired) electrons. The zero-order valence-electron chi connectivity index (χ0n) is 21.1. The van der Waals surface area contributed by atoms with E-state index in [9.17, 15) is 16.8 Å². The average molecular weight is 537 g/mol. The first kappa shape index (κ1) is 26.4. The van der Waals surface area contributed by atoms with E-state index in [1.165, 1.54) is 12.1 Å². The highest BCUT2D eigenvalue weighted by atomic mass is 32.2. The molecule has 0 amide bonds. The summed E-state index contributed by atoms with van der Waals surface area (Å²) < 4.78 is 61.9. The summed E-state index contributed by atoms with van der Waals surface area (Å²) in [4.78, 5) is 0.279. The van der Waals surface area contributed by atoms with Gasteiger partial charge in [-0.25, -0.2) is 0 Å². The standard InChI is InChI=1S/C29H28O6S2/c1-20-9-5-7-11-28(20)36(30,31)34-26-15-13-24(17-22(26)3)19-25-14-16-27(23(4)18-25)35-37(32,33)29-12-8-6-10-21(29)2/h5-18H,19H2,1-4H3. The van der Waals surface area contributed by atoms with Gasteiger partial charge in [-0.15, -0.1) is 0 Å². The van der Waals surface area contributed by atoms with Gasteiger partial charge in [-0.05, 0) is 91.8 Å². The summed E-state index contributed by atoms with van der Waals surface area (Å²) in [6.45, 7) is 7.04. The van der Waals surface area contributed by atoms with Crippen LogP contribution in [0.2, 0.25) is 0 Å².